The lowest BCUT2D eigenvalue weighted by atomic mass is 10.1. The van der Waals surface area contributed by atoms with Crippen LogP contribution in [0.3, 0.4) is 0 Å². The zero-order chi connectivity index (χ0) is 13.3. The topological polar surface area (TPSA) is 47.3 Å². The molecule has 4 nitrogen and oxygen atoms in total. The van der Waals surface area contributed by atoms with Crippen LogP contribution < -0.4 is 4.90 Å². The minimum Gasteiger partial charge on any atom is -0.356 e. The van der Waals surface area contributed by atoms with E-state index in [4.69, 9.17) is 5.26 Å². The van der Waals surface area contributed by atoms with Crippen LogP contribution in [0.2, 0.25) is 0 Å². The number of carbonyl (C=O) groups is 1. The summed E-state index contributed by atoms with van der Waals surface area (Å²) in [5.74, 6) is -1.82. The van der Waals surface area contributed by atoms with Crippen molar-refractivity contribution in [3.8, 4) is 6.07 Å². The van der Waals surface area contributed by atoms with Crippen molar-refractivity contribution in [3.05, 3.63) is 29.3 Å². The van der Waals surface area contributed by atoms with E-state index in [1.54, 1.807) is 13.1 Å². The fourth-order valence-electron chi connectivity index (χ4n) is 1.88. The molecule has 0 N–H and O–H groups in total. The number of piperazine rings is 1. The molecule has 0 atom stereocenters. The summed E-state index contributed by atoms with van der Waals surface area (Å²) in [6, 6.07) is 3.63. The maximum absolute atomic E-state index is 13.7. The van der Waals surface area contributed by atoms with Crippen molar-refractivity contribution in [3.63, 3.8) is 0 Å². The maximum atomic E-state index is 13.7. The first-order valence-electron chi connectivity index (χ1n) is 5.41. The molecule has 1 heterocycles. The fraction of sp³-hybridized carbons (Fsp3) is 0.333. The average Bonchev–Trinajstić information content (AvgIpc) is 2.32. The molecule has 0 unspecified atom stereocenters. The Morgan fingerprint density at radius 2 is 1.89 bits per heavy atom. The third kappa shape index (κ3) is 2.12. The Labute approximate surface area is 103 Å². The van der Waals surface area contributed by atoms with E-state index in [1.165, 1.54) is 9.80 Å². The summed E-state index contributed by atoms with van der Waals surface area (Å²) < 4.78 is 27.5. The van der Waals surface area contributed by atoms with Gasteiger partial charge in [0, 0.05) is 20.1 Å². The SMILES string of the molecule is CN1CCN(c2c(F)cc(C#N)cc2F)CC1=O. The van der Waals surface area contributed by atoms with Gasteiger partial charge in [0.1, 0.15) is 5.69 Å². The number of hydrogen-bond donors (Lipinski definition) is 0. The molecule has 0 aliphatic carbocycles. The lowest BCUT2D eigenvalue weighted by molar-refractivity contribution is -0.129. The molecule has 94 valence electrons. The van der Waals surface area contributed by atoms with Crippen molar-refractivity contribution in [1.82, 2.24) is 4.90 Å². The first-order chi connectivity index (χ1) is 8.52. The quantitative estimate of drug-likeness (QED) is 0.751. The molecule has 6 heteroatoms. The number of hydrogen-bond acceptors (Lipinski definition) is 3. The number of anilines is 1. The van der Waals surface area contributed by atoms with Gasteiger partial charge in [0.15, 0.2) is 11.6 Å². The van der Waals surface area contributed by atoms with E-state index in [-0.39, 0.29) is 23.7 Å². The monoisotopic (exact) mass is 251 g/mol. The van der Waals surface area contributed by atoms with E-state index in [1.807, 2.05) is 0 Å². The molecule has 1 aliphatic rings. The summed E-state index contributed by atoms with van der Waals surface area (Å²) in [5, 5.41) is 8.61. The first kappa shape index (κ1) is 12.3. The van der Waals surface area contributed by atoms with Gasteiger partial charge >= 0.3 is 0 Å². The van der Waals surface area contributed by atoms with Gasteiger partial charge in [-0.1, -0.05) is 0 Å². The molecule has 0 radical (unpaired) electrons. The zero-order valence-corrected chi connectivity index (χ0v) is 9.78. The molecule has 18 heavy (non-hydrogen) atoms. The fourth-order valence-corrected chi connectivity index (χ4v) is 1.88. The van der Waals surface area contributed by atoms with E-state index < -0.39 is 11.6 Å². The Balaban J connectivity index is 2.35. The van der Waals surface area contributed by atoms with Crippen LogP contribution in [0.1, 0.15) is 5.56 Å². The van der Waals surface area contributed by atoms with Gasteiger partial charge in [-0.05, 0) is 12.1 Å². The zero-order valence-electron chi connectivity index (χ0n) is 9.78. The molecule has 0 saturated carbocycles. The summed E-state index contributed by atoms with van der Waals surface area (Å²) in [4.78, 5) is 14.4. The first-order valence-corrected chi connectivity index (χ1v) is 5.41. The number of nitriles is 1. The lowest BCUT2D eigenvalue weighted by Crippen LogP contribution is -2.49. The van der Waals surface area contributed by atoms with Gasteiger partial charge in [-0.2, -0.15) is 5.26 Å². The summed E-state index contributed by atoms with van der Waals surface area (Å²) in [6.07, 6.45) is 0. The van der Waals surface area contributed by atoms with E-state index in [0.717, 1.165) is 12.1 Å². The van der Waals surface area contributed by atoms with Crippen molar-refractivity contribution in [2.75, 3.05) is 31.6 Å². The summed E-state index contributed by atoms with van der Waals surface area (Å²) >= 11 is 0. The Morgan fingerprint density at radius 3 is 2.39 bits per heavy atom. The van der Waals surface area contributed by atoms with E-state index in [9.17, 15) is 13.6 Å². The standard InChI is InChI=1S/C12H11F2N3O/c1-16-2-3-17(7-11(16)18)12-9(13)4-8(6-15)5-10(12)14/h4-5H,2-3,7H2,1H3. The highest BCUT2D eigenvalue weighted by molar-refractivity contribution is 5.82. The van der Waals surface area contributed by atoms with Gasteiger partial charge in [-0.25, -0.2) is 8.78 Å². The highest BCUT2D eigenvalue weighted by atomic mass is 19.1. The molecule has 1 aromatic rings. The van der Waals surface area contributed by atoms with E-state index >= 15 is 0 Å². The van der Waals surface area contributed by atoms with Gasteiger partial charge in [0.25, 0.3) is 0 Å². The maximum Gasteiger partial charge on any atom is 0.241 e. The minimum atomic E-state index is -0.816. The van der Waals surface area contributed by atoms with Gasteiger partial charge in [0.2, 0.25) is 5.91 Å². The van der Waals surface area contributed by atoms with E-state index in [0.29, 0.717) is 13.1 Å². The second-order valence-electron chi connectivity index (χ2n) is 4.14. The van der Waals surface area contributed by atoms with Gasteiger partial charge in [-0.15, -0.1) is 0 Å². The molecule has 0 spiro atoms. The third-order valence-corrected chi connectivity index (χ3v) is 2.92. The van der Waals surface area contributed by atoms with E-state index in [2.05, 4.69) is 0 Å². The smallest absolute Gasteiger partial charge is 0.241 e. The molecule has 0 aromatic heterocycles. The van der Waals surface area contributed by atoms with Crippen LogP contribution in [-0.4, -0.2) is 37.5 Å². The Bertz CT molecular complexity index is 516. The highest BCUT2D eigenvalue weighted by Crippen LogP contribution is 2.25. The minimum absolute atomic E-state index is 0.0593. The summed E-state index contributed by atoms with van der Waals surface area (Å²) in [5.41, 5.74) is -0.315. The molecule has 1 amide bonds. The summed E-state index contributed by atoms with van der Waals surface area (Å²) in [6.45, 7) is 0.718. The van der Waals surface area contributed by atoms with Crippen LogP contribution in [0.5, 0.6) is 0 Å². The van der Waals surface area contributed by atoms with Crippen molar-refractivity contribution in [2.45, 2.75) is 0 Å². The number of likely N-dealkylation sites (N-methyl/N-ethyl adjacent to an activating group) is 1. The number of halogens is 2. The predicted molar refractivity (Wildman–Crippen MR) is 60.9 cm³/mol. The molecular weight excluding hydrogens is 240 g/mol. The number of nitrogens with zero attached hydrogens (tertiary/aromatic N) is 3. The van der Waals surface area contributed by atoms with Crippen molar-refractivity contribution in [2.24, 2.45) is 0 Å². The van der Waals surface area contributed by atoms with Crippen molar-refractivity contribution >= 4 is 11.6 Å². The van der Waals surface area contributed by atoms with Crippen LogP contribution in [0, 0.1) is 23.0 Å². The van der Waals surface area contributed by atoms with Crippen molar-refractivity contribution in [1.29, 1.82) is 5.26 Å². The Morgan fingerprint density at radius 1 is 1.28 bits per heavy atom. The second kappa shape index (κ2) is 4.61. The predicted octanol–water partition coefficient (Wildman–Crippen LogP) is 1.11. The number of benzene rings is 1. The van der Waals surface area contributed by atoms with Crippen LogP contribution >= 0.6 is 0 Å². The second-order valence-corrected chi connectivity index (χ2v) is 4.14. The summed E-state index contributed by atoms with van der Waals surface area (Å²) in [7, 11) is 1.64. The number of carbonyl (C=O) groups excluding carboxylic acids is 1. The highest BCUT2D eigenvalue weighted by Gasteiger charge is 2.25. The van der Waals surface area contributed by atoms with Gasteiger partial charge < -0.3 is 9.80 Å². The third-order valence-electron chi connectivity index (χ3n) is 2.92. The molecule has 1 fully saturated rings. The van der Waals surface area contributed by atoms with Crippen LogP contribution in [0.25, 0.3) is 0 Å². The van der Waals surface area contributed by atoms with Gasteiger partial charge in [-0.3, -0.25) is 4.79 Å². The lowest BCUT2D eigenvalue weighted by Gasteiger charge is -2.33. The largest absolute Gasteiger partial charge is 0.356 e. The molecule has 0 bridgehead atoms. The number of rotatable bonds is 1. The molecule has 1 aliphatic heterocycles. The Kier molecular flexibility index (Phi) is 3.15. The average molecular weight is 251 g/mol. The molecule has 2 rings (SSSR count). The van der Waals surface area contributed by atoms with Crippen LogP contribution in [0.4, 0.5) is 14.5 Å². The molecule has 1 aromatic carbocycles. The molecular formula is C12H11F2N3O. The number of amides is 1. The van der Waals surface area contributed by atoms with Gasteiger partial charge in [0.05, 0.1) is 18.2 Å². The normalized spacial score (nSPS) is 15.8. The molecule has 1 saturated heterocycles. The van der Waals surface area contributed by atoms with Crippen LogP contribution in [0.15, 0.2) is 12.1 Å². The Hall–Kier alpha value is -2.16. The van der Waals surface area contributed by atoms with Crippen LogP contribution in [-0.2, 0) is 4.79 Å². The van der Waals surface area contributed by atoms with Crippen molar-refractivity contribution < 1.29 is 13.6 Å².